The minimum Gasteiger partial charge on any atom is -0.492 e. The maximum Gasteiger partial charge on any atom is 0.142 e. The summed E-state index contributed by atoms with van der Waals surface area (Å²) in [6.45, 7) is 2.24. The Balaban J connectivity index is 1.87. The Kier molecular flexibility index (Phi) is 6.43. The molecule has 1 aromatic rings. The second-order valence-corrected chi connectivity index (χ2v) is 5.88. The molecule has 1 aromatic carbocycles. The van der Waals surface area contributed by atoms with Crippen LogP contribution in [0.3, 0.4) is 0 Å². The fourth-order valence-electron chi connectivity index (χ4n) is 2.45. The van der Waals surface area contributed by atoms with Crippen LogP contribution in [0.4, 0.5) is 0 Å². The minimum atomic E-state index is 0.413. The Labute approximate surface area is 130 Å². The van der Waals surface area contributed by atoms with Crippen molar-refractivity contribution in [2.45, 2.75) is 38.3 Å². The molecule has 5 heteroatoms. The molecule has 1 saturated heterocycles. The Hall–Kier alpha value is -0.480. The minimum absolute atomic E-state index is 0.413. The summed E-state index contributed by atoms with van der Waals surface area (Å²) in [5.74, 6) is 0.734. The summed E-state index contributed by atoms with van der Waals surface area (Å²) in [7, 11) is 1.88. The standard InChI is InChI=1S/C15H21Cl2NO2/c1-18-10-11-8-12(16)9-14(17)15(11)20-7-3-5-13-4-2-6-19-13/h8-9,13,18H,2-7,10H2,1H3. The molecule has 1 unspecified atom stereocenters. The van der Waals surface area contributed by atoms with E-state index in [1.807, 2.05) is 13.1 Å². The Morgan fingerprint density at radius 2 is 2.25 bits per heavy atom. The first-order chi connectivity index (χ1) is 9.70. The van der Waals surface area contributed by atoms with Gasteiger partial charge in [-0.15, -0.1) is 0 Å². The highest BCUT2D eigenvalue weighted by molar-refractivity contribution is 6.35. The van der Waals surface area contributed by atoms with Gasteiger partial charge >= 0.3 is 0 Å². The molecule has 1 atom stereocenters. The molecule has 0 spiro atoms. The highest BCUT2D eigenvalue weighted by Crippen LogP contribution is 2.32. The molecule has 20 heavy (non-hydrogen) atoms. The van der Waals surface area contributed by atoms with Crippen LogP contribution in [-0.2, 0) is 11.3 Å². The predicted octanol–water partition coefficient (Wildman–Crippen LogP) is 4.05. The number of ether oxygens (including phenoxy) is 2. The smallest absolute Gasteiger partial charge is 0.142 e. The molecule has 0 saturated carbocycles. The van der Waals surface area contributed by atoms with Gasteiger partial charge in [0.15, 0.2) is 0 Å². The van der Waals surface area contributed by atoms with Crippen molar-refractivity contribution in [3.8, 4) is 5.75 Å². The lowest BCUT2D eigenvalue weighted by atomic mass is 10.1. The maximum atomic E-state index is 6.21. The number of benzene rings is 1. The Bertz CT molecular complexity index is 434. The summed E-state index contributed by atoms with van der Waals surface area (Å²) in [4.78, 5) is 0. The van der Waals surface area contributed by atoms with Crippen molar-refractivity contribution in [3.63, 3.8) is 0 Å². The van der Waals surface area contributed by atoms with Crippen LogP contribution in [0.2, 0.25) is 10.0 Å². The third kappa shape index (κ3) is 4.52. The SMILES string of the molecule is CNCc1cc(Cl)cc(Cl)c1OCCCC1CCCO1. The number of nitrogens with one attached hydrogen (secondary N) is 1. The van der Waals surface area contributed by atoms with Crippen molar-refractivity contribution >= 4 is 23.2 Å². The van der Waals surface area contributed by atoms with Gasteiger partial charge in [-0.1, -0.05) is 23.2 Å². The molecule has 0 amide bonds. The molecule has 112 valence electrons. The Morgan fingerprint density at radius 1 is 1.40 bits per heavy atom. The summed E-state index contributed by atoms with van der Waals surface area (Å²) in [5, 5.41) is 4.30. The lowest BCUT2D eigenvalue weighted by Crippen LogP contribution is -2.10. The second-order valence-electron chi connectivity index (χ2n) is 5.03. The summed E-state index contributed by atoms with van der Waals surface area (Å²) in [6.07, 6.45) is 4.79. The molecule has 0 bridgehead atoms. The third-order valence-electron chi connectivity index (χ3n) is 3.39. The molecule has 0 aliphatic carbocycles. The van der Waals surface area contributed by atoms with Gasteiger partial charge in [0.25, 0.3) is 0 Å². The predicted molar refractivity (Wildman–Crippen MR) is 82.9 cm³/mol. The van der Waals surface area contributed by atoms with Gasteiger partial charge < -0.3 is 14.8 Å². The van der Waals surface area contributed by atoms with Crippen molar-refractivity contribution in [3.05, 3.63) is 27.7 Å². The lowest BCUT2D eigenvalue weighted by Gasteiger charge is -2.14. The summed E-state index contributed by atoms with van der Waals surface area (Å²) in [5.41, 5.74) is 0.988. The average molecular weight is 318 g/mol. The first-order valence-corrected chi connectivity index (χ1v) is 7.83. The fourth-order valence-corrected chi connectivity index (χ4v) is 3.04. The van der Waals surface area contributed by atoms with E-state index in [2.05, 4.69) is 5.32 Å². The van der Waals surface area contributed by atoms with Crippen LogP contribution in [0.5, 0.6) is 5.75 Å². The van der Waals surface area contributed by atoms with Gasteiger partial charge in [-0.05, 0) is 44.9 Å². The first kappa shape index (κ1) is 15.9. The van der Waals surface area contributed by atoms with Gasteiger partial charge in [0.05, 0.1) is 17.7 Å². The van der Waals surface area contributed by atoms with Crippen LogP contribution in [0.15, 0.2) is 12.1 Å². The van der Waals surface area contributed by atoms with Crippen molar-refractivity contribution in [1.82, 2.24) is 5.32 Å². The van der Waals surface area contributed by atoms with E-state index < -0.39 is 0 Å². The fraction of sp³-hybridized carbons (Fsp3) is 0.600. The summed E-state index contributed by atoms with van der Waals surface area (Å²) < 4.78 is 11.4. The third-order valence-corrected chi connectivity index (χ3v) is 3.89. The zero-order valence-electron chi connectivity index (χ0n) is 11.8. The van der Waals surface area contributed by atoms with E-state index in [0.29, 0.717) is 29.3 Å². The van der Waals surface area contributed by atoms with Crippen LogP contribution in [0.1, 0.15) is 31.2 Å². The van der Waals surface area contributed by atoms with Gasteiger partial charge in [-0.2, -0.15) is 0 Å². The normalized spacial score (nSPS) is 18.4. The van der Waals surface area contributed by atoms with Crippen LogP contribution in [0, 0.1) is 0 Å². The highest BCUT2D eigenvalue weighted by atomic mass is 35.5. The largest absolute Gasteiger partial charge is 0.492 e. The summed E-state index contributed by atoms with van der Waals surface area (Å²) in [6, 6.07) is 3.61. The van der Waals surface area contributed by atoms with E-state index in [1.165, 1.54) is 12.8 Å². The molecule has 1 fully saturated rings. The maximum absolute atomic E-state index is 6.21. The molecule has 3 nitrogen and oxygen atoms in total. The van der Waals surface area contributed by atoms with E-state index >= 15 is 0 Å². The molecule has 1 aliphatic heterocycles. The number of hydrogen-bond donors (Lipinski definition) is 1. The second kappa shape index (κ2) is 8.08. The van der Waals surface area contributed by atoms with Crippen LogP contribution in [-0.4, -0.2) is 26.4 Å². The van der Waals surface area contributed by atoms with Gasteiger partial charge in [0.1, 0.15) is 5.75 Å². The van der Waals surface area contributed by atoms with E-state index in [1.54, 1.807) is 6.07 Å². The molecule has 1 N–H and O–H groups in total. The number of halogens is 2. The van der Waals surface area contributed by atoms with E-state index in [4.69, 9.17) is 32.7 Å². The molecular formula is C15H21Cl2NO2. The van der Waals surface area contributed by atoms with Crippen LogP contribution >= 0.6 is 23.2 Å². The average Bonchev–Trinajstić information content (AvgIpc) is 2.90. The molecule has 1 aliphatic rings. The first-order valence-electron chi connectivity index (χ1n) is 7.07. The number of rotatable bonds is 7. The molecular weight excluding hydrogens is 297 g/mol. The van der Waals surface area contributed by atoms with Crippen molar-refractivity contribution < 1.29 is 9.47 Å². The monoisotopic (exact) mass is 317 g/mol. The van der Waals surface area contributed by atoms with Gasteiger partial charge in [-0.3, -0.25) is 0 Å². The van der Waals surface area contributed by atoms with E-state index in [-0.39, 0.29) is 0 Å². The lowest BCUT2D eigenvalue weighted by molar-refractivity contribution is 0.0981. The van der Waals surface area contributed by atoms with E-state index in [0.717, 1.165) is 30.8 Å². The zero-order chi connectivity index (χ0) is 14.4. The Morgan fingerprint density at radius 3 is 2.95 bits per heavy atom. The zero-order valence-corrected chi connectivity index (χ0v) is 13.3. The summed E-state index contributed by atoms with van der Waals surface area (Å²) >= 11 is 12.2. The van der Waals surface area contributed by atoms with Crippen molar-refractivity contribution in [2.24, 2.45) is 0 Å². The highest BCUT2D eigenvalue weighted by Gasteiger charge is 2.15. The molecule has 2 rings (SSSR count). The molecule has 0 radical (unpaired) electrons. The topological polar surface area (TPSA) is 30.5 Å². The molecule has 0 aromatic heterocycles. The van der Waals surface area contributed by atoms with Crippen LogP contribution < -0.4 is 10.1 Å². The molecule has 1 heterocycles. The van der Waals surface area contributed by atoms with E-state index in [9.17, 15) is 0 Å². The number of hydrogen-bond acceptors (Lipinski definition) is 3. The van der Waals surface area contributed by atoms with Crippen molar-refractivity contribution in [1.29, 1.82) is 0 Å². The van der Waals surface area contributed by atoms with Crippen LogP contribution in [0.25, 0.3) is 0 Å². The van der Waals surface area contributed by atoms with Gasteiger partial charge in [0, 0.05) is 23.7 Å². The quantitative estimate of drug-likeness (QED) is 0.769. The van der Waals surface area contributed by atoms with Gasteiger partial charge in [0.2, 0.25) is 0 Å². The van der Waals surface area contributed by atoms with Crippen molar-refractivity contribution in [2.75, 3.05) is 20.3 Å². The van der Waals surface area contributed by atoms with Gasteiger partial charge in [-0.25, -0.2) is 0 Å².